The van der Waals surface area contributed by atoms with Crippen molar-refractivity contribution in [2.45, 2.75) is 25.3 Å². The van der Waals surface area contributed by atoms with E-state index in [1.807, 2.05) is 36.0 Å². The van der Waals surface area contributed by atoms with Gasteiger partial charge in [0.2, 0.25) is 11.7 Å². The molecular formula is C17H18N4OS. The minimum atomic E-state index is 0.376. The fourth-order valence-corrected chi connectivity index (χ4v) is 3.64. The summed E-state index contributed by atoms with van der Waals surface area (Å²) in [5, 5.41) is 6.15. The van der Waals surface area contributed by atoms with E-state index in [0.717, 1.165) is 43.2 Å². The molecule has 4 heterocycles. The van der Waals surface area contributed by atoms with Gasteiger partial charge in [-0.1, -0.05) is 17.3 Å². The van der Waals surface area contributed by atoms with E-state index in [1.165, 1.54) is 5.56 Å². The molecule has 23 heavy (non-hydrogen) atoms. The number of thiophene rings is 1. The Hall–Kier alpha value is -2.05. The highest BCUT2D eigenvalue weighted by Gasteiger charge is 2.25. The summed E-state index contributed by atoms with van der Waals surface area (Å²) in [6.45, 7) is 3.07. The van der Waals surface area contributed by atoms with Crippen molar-refractivity contribution >= 4 is 11.3 Å². The van der Waals surface area contributed by atoms with Crippen LogP contribution < -0.4 is 0 Å². The molecule has 0 aromatic carbocycles. The molecule has 3 aromatic rings. The third-order valence-corrected chi connectivity index (χ3v) is 5.11. The SMILES string of the molecule is c1cncc(CN2CCC(c3nc(-c4cccs4)no3)CC2)c1. The van der Waals surface area contributed by atoms with E-state index in [1.54, 1.807) is 11.3 Å². The number of hydrogen-bond acceptors (Lipinski definition) is 6. The van der Waals surface area contributed by atoms with Gasteiger partial charge in [-0.05, 0) is 49.0 Å². The zero-order valence-electron chi connectivity index (χ0n) is 12.8. The average molecular weight is 326 g/mol. The first-order valence-corrected chi connectivity index (χ1v) is 8.75. The van der Waals surface area contributed by atoms with E-state index in [-0.39, 0.29) is 0 Å². The van der Waals surface area contributed by atoms with Crippen LogP contribution in [-0.4, -0.2) is 33.1 Å². The van der Waals surface area contributed by atoms with Crippen molar-refractivity contribution in [3.05, 3.63) is 53.5 Å². The Labute approximate surface area is 139 Å². The van der Waals surface area contributed by atoms with Gasteiger partial charge in [-0.25, -0.2) is 0 Å². The highest BCUT2D eigenvalue weighted by Crippen LogP contribution is 2.30. The molecule has 0 radical (unpaired) electrons. The fourth-order valence-electron chi connectivity index (χ4n) is 2.99. The first-order valence-electron chi connectivity index (χ1n) is 7.87. The molecule has 0 aliphatic carbocycles. The van der Waals surface area contributed by atoms with Crippen molar-refractivity contribution in [3.8, 4) is 10.7 Å². The van der Waals surface area contributed by atoms with E-state index in [9.17, 15) is 0 Å². The van der Waals surface area contributed by atoms with E-state index in [2.05, 4.69) is 26.1 Å². The molecule has 1 aliphatic rings. The van der Waals surface area contributed by atoms with Crippen molar-refractivity contribution < 1.29 is 4.52 Å². The summed E-state index contributed by atoms with van der Waals surface area (Å²) in [4.78, 5) is 12.3. The lowest BCUT2D eigenvalue weighted by atomic mass is 9.96. The van der Waals surface area contributed by atoms with Crippen LogP contribution in [0.2, 0.25) is 0 Å². The van der Waals surface area contributed by atoms with Gasteiger partial charge >= 0.3 is 0 Å². The van der Waals surface area contributed by atoms with E-state index in [4.69, 9.17) is 4.52 Å². The van der Waals surface area contributed by atoms with Crippen LogP contribution in [0.3, 0.4) is 0 Å². The van der Waals surface area contributed by atoms with E-state index >= 15 is 0 Å². The van der Waals surface area contributed by atoms with E-state index < -0.39 is 0 Å². The minimum absolute atomic E-state index is 0.376. The summed E-state index contributed by atoms with van der Waals surface area (Å²) < 4.78 is 5.50. The van der Waals surface area contributed by atoms with Crippen LogP contribution in [0.15, 0.2) is 46.6 Å². The number of rotatable bonds is 4. The highest BCUT2D eigenvalue weighted by molar-refractivity contribution is 7.13. The van der Waals surface area contributed by atoms with Gasteiger partial charge in [0.05, 0.1) is 4.88 Å². The first kappa shape index (κ1) is 14.5. The van der Waals surface area contributed by atoms with Gasteiger partial charge in [0.1, 0.15) is 0 Å². The van der Waals surface area contributed by atoms with Gasteiger partial charge in [-0.2, -0.15) is 4.98 Å². The van der Waals surface area contributed by atoms with Gasteiger partial charge in [-0.15, -0.1) is 11.3 Å². The van der Waals surface area contributed by atoms with Crippen LogP contribution in [0.4, 0.5) is 0 Å². The topological polar surface area (TPSA) is 55.1 Å². The molecule has 0 bridgehead atoms. The van der Waals surface area contributed by atoms with Crippen molar-refractivity contribution in [2.24, 2.45) is 0 Å². The zero-order chi connectivity index (χ0) is 15.5. The highest BCUT2D eigenvalue weighted by atomic mass is 32.1. The third kappa shape index (κ3) is 3.33. The molecule has 1 aliphatic heterocycles. The standard InChI is InChI=1S/C17H18N4OS/c1-3-13(11-18-7-1)12-21-8-5-14(6-9-21)17-19-16(20-22-17)15-4-2-10-23-15/h1-4,7,10-11,14H,5-6,8-9,12H2. The summed E-state index contributed by atoms with van der Waals surface area (Å²) >= 11 is 1.64. The smallest absolute Gasteiger partial charge is 0.230 e. The molecule has 0 atom stereocenters. The monoisotopic (exact) mass is 326 g/mol. The number of likely N-dealkylation sites (tertiary alicyclic amines) is 1. The predicted octanol–water partition coefficient (Wildman–Crippen LogP) is 3.57. The van der Waals surface area contributed by atoms with Gasteiger partial charge in [0.15, 0.2) is 0 Å². The normalized spacial score (nSPS) is 16.7. The fraction of sp³-hybridized carbons (Fsp3) is 0.353. The second kappa shape index (κ2) is 6.60. The van der Waals surface area contributed by atoms with Gasteiger partial charge in [0, 0.05) is 24.9 Å². The Morgan fingerprint density at radius 1 is 1.22 bits per heavy atom. The molecule has 0 saturated carbocycles. The minimum Gasteiger partial charge on any atom is -0.339 e. The molecular weight excluding hydrogens is 308 g/mol. The number of pyridine rings is 1. The maximum atomic E-state index is 5.50. The van der Waals surface area contributed by atoms with E-state index in [0.29, 0.717) is 11.7 Å². The maximum Gasteiger partial charge on any atom is 0.230 e. The van der Waals surface area contributed by atoms with Crippen LogP contribution in [0.1, 0.15) is 30.2 Å². The molecule has 6 heteroatoms. The summed E-state index contributed by atoms with van der Waals surface area (Å²) in [5.74, 6) is 1.88. The molecule has 0 spiro atoms. The third-order valence-electron chi connectivity index (χ3n) is 4.25. The van der Waals surface area contributed by atoms with Crippen LogP contribution >= 0.6 is 11.3 Å². The van der Waals surface area contributed by atoms with Crippen molar-refractivity contribution in [1.29, 1.82) is 0 Å². The Morgan fingerprint density at radius 2 is 2.13 bits per heavy atom. The summed E-state index contributed by atoms with van der Waals surface area (Å²) in [7, 11) is 0. The van der Waals surface area contributed by atoms with Crippen molar-refractivity contribution in [2.75, 3.05) is 13.1 Å². The van der Waals surface area contributed by atoms with Crippen LogP contribution in [-0.2, 0) is 6.54 Å². The van der Waals surface area contributed by atoms with Crippen LogP contribution in [0.25, 0.3) is 10.7 Å². The number of aromatic nitrogens is 3. The quantitative estimate of drug-likeness (QED) is 0.733. The molecule has 0 N–H and O–H groups in total. The predicted molar refractivity (Wildman–Crippen MR) is 89.1 cm³/mol. The van der Waals surface area contributed by atoms with Gasteiger partial charge in [0.25, 0.3) is 0 Å². The lowest BCUT2D eigenvalue weighted by Crippen LogP contribution is -2.32. The molecule has 5 nitrogen and oxygen atoms in total. The Bertz CT molecular complexity index is 733. The molecule has 4 rings (SSSR count). The summed E-state index contributed by atoms with van der Waals surface area (Å²) in [6.07, 6.45) is 5.88. The number of nitrogens with zero attached hydrogens (tertiary/aromatic N) is 4. The summed E-state index contributed by atoms with van der Waals surface area (Å²) in [6, 6.07) is 8.15. The second-order valence-corrected chi connectivity index (χ2v) is 6.79. The molecule has 0 unspecified atom stereocenters. The second-order valence-electron chi connectivity index (χ2n) is 5.85. The Morgan fingerprint density at radius 3 is 2.87 bits per heavy atom. The lowest BCUT2D eigenvalue weighted by molar-refractivity contribution is 0.187. The number of piperidine rings is 1. The average Bonchev–Trinajstić information content (AvgIpc) is 3.28. The van der Waals surface area contributed by atoms with Crippen LogP contribution in [0, 0.1) is 0 Å². The Kier molecular flexibility index (Phi) is 4.17. The Balaban J connectivity index is 1.36. The molecule has 0 amide bonds. The van der Waals surface area contributed by atoms with Gasteiger partial charge in [-0.3, -0.25) is 9.88 Å². The zero-order valence-corrected chi connectivity index (χ0v) is 13.6. The number of hydrogen-bond donors (Lipinski definition) is 0. The summed E-state index contributed by atoms with van der Waals surface area (Å²) in [5.41, 5.74) is 1.27. The first-order chi connectivity index (χ1) is 11.4. The molecule has 1 saturated heterocycles. The molecule has 118 valence electrons. The maximum absolute atomic E-state index is 5.50. The van der Waals surface area contributed by atoms with Crippen LogP contribution in [0.5, 0.6) is 0 Å². The van der Waals surface area contributed by atoms with Gasteiger partial charge < -0.3 is 4.52 Å². The largest absolute Gasteiger partial charge is 0.339 e. The molecule has 1 fully saturated rings. The van der Waals surface area contributed by atoms with Crippen molar-refractivity contribution in [1.82, 2.24) is 20.0 Å². The van der Waals surface area contributed by atoms with Crippen molar-refractivity contribution in [3.63, 3.8) is 0 Å². The molecule has 3 aromatic heterocycles. The lowest BCUT2D eigenvalue weighted by Gasteiger charge is -2.30.